The molecule has 5 N–H and O–H groups in total. The number of hydrogen-bond donors (Lipinski definition) is 5. The van der Waals surface area contributed by atoms with Gasteiger partial charge in [-0.1, -0.05) is 17.4 Å². The molecule has 4 aliphatic rings. The lowest BCUT2D eigenvalue weighted by atomic mass is 10.1. The van der Waals surface area contributed by atoms with Gasteiger partial charge in [-0.2, -0.15) is 0 Å². The Balaban J connectivity index is 1.28. The molecule has 15 nitrogen and oxygen atoms in total. The first-order chi connectivity index (χ1) is 18.7. The Morgan fingerprint density at radius 3 is 2.05 bits per heavy atom. The van der Waals surface area contributed by atoms with Crippen LogP contribution in [0.4, 0.5) is 0 Å². The molecule has 5 heterocycles. The molecule has 0 amide bonds. The van der Waals surface area contributed by atoms with Crippen molar-refractivity contribution in [3.63, 3.8) is 0 Å². The van der Waals surface area contributed by atoms with E-state index < -0.39 is 67.4 Å². The Morgan fingerprint density at radius 2 is 1.46 bits per heavy atom. The Bertz CT molecular complexity index is 1030. The summed E-state index contributed by atoms with van der Waals surface area (Å²) in [7, 11) is 0. The molecule has 0 radical (unpaired) electrons. The SMILES string of the molecule is CC1(C)O[C@@H]2O[C@H](Cn3nnc(CO[C@@H]4C=C[C@H](O)[C@@H](CO)O4)c3CO[C@@H]3C=C[C@H](O)[C@@H](CO)O3)[C@H](O)[C@@H]2O1. The zero-order valence-electron chi connectivity index (χ0n) is 21.6. The summed E-state index contributed by atoms with van der Waals surface area (Å²) < 4.78 is 41.7. The summed E-state index contributed by atoms with van der Waals surface area (Å²) >= 11 is 0. The van der Waals surface area contributed by atoms with Gasteiger partial charge in [-0.3, -0.25) is 0 Å². The molecule has 2 saturated heterocycles. The number of rotatable bonds is 10. The van der Waals surface area contributed by atoms with Crippen LogP contribution in [0.1, 0.15) is 25.2 Å². The van der Waals surface area contributed by atoms with Crippen molar-refractivity contribution in [2.45, 2.75) is 101 Å². The summed E-state index contributed by atoms with van der Waals surface area (Å²) in [6, 6.07) is 0. The Labute approximate surface area is 224 Å². The number of aromatic nitrogens is 3. The number of hydrogen-bond acceptors (Lipinski definition) is 14. The van der Waals surface area contributed by atoms with Crippen LogP contribution in [0, 0.1) is 0 Å². The predicted octanol–water partition coefficient (Wildman–Crippen LogP) is -2.18. The molecule has 0 bridgehead atoms. The van der Waals surface area contributed by atoms with Crippen LogP contribution in [0.2, 0.25) is 0 Å². The van der Waals surface area contributed by atoms with Crippen molar-refractivity contribution in [3.05, 3.63) is 35.7 Å². The highest BCUT2D eigenvalue weighted by Gasteiger charge is 2.54. The molecule has 39 heavy (non-hydrogen) atoms. The molecule has 15 heteroatoms. The van der Waals surface area contributed by atoms with Crippen LogP contribution >= 0.6 is 0 Å². The van der Waals surface area contributed by atoms with Gasteiger partial charge in [0.1, 0.15) is 48.4 Å². The topological polar surface area (TPSA) is 196 Å². The zero-order chi connectivity index (χ0) is 27.7. The highest BCUT2D eigenvalue weighted by Crippen LogP contribution is 2.38. The van der Waals surface area contributed by atoms with Gasteiger partial charge < -0.3 is 58.7 Å². The summed E-state index contributed by atoms with van der Waals surface area (Å²) in [6.45, 7) is 2.71. The second kappa shape index (κ2) is 11.9. The van der Waals surface area contributed by atoms with Crippen LogP contribution in [0.15, 0.2) is 24.3 Å². The van der Waals surface area contributed by atoms with E-state index in [1.54, 1.807) is 13.8 Å². The van der Waals surface area contributed by atoms with E-state index >= 15 is 0 Å². The van der Waals surface area contributed by atoms with Gasteiger partial charge >= 0.3 is 0 Å². The molecule has 10 atom stereocenters. The first kappa shape index (κ1) is 28.7. The van der Waals surface area contributed by atoms with E-state index in [-0.39, 0.29) is 33.0 Å². The van der Waals surface area contributed by atoms with Crippen molar-refractivity contribution in [2.75, 3.05) is 13.2 Å². The second-order valence-electron chi connectivity index (χ2n) is 10.1. The molecule has 0 saturated carbocycles. The van der Waals surface area contributed by atoms with E-state index in [4.69, 9.17) is 33.2 Å². The number of fused-ring (bicyclic) bond motifs is 1. The lowest BCUT2D eigenvalue weighted by Crippen LogP contribution is -2.39. The van der Waals surface area contributed by atoms with Gasteiger partial charge in [-0.15, -0.1) is 5.10 Å². The fourth-order valence-corrected chi connectivity index (χ4v) is 4.73. The van der Waals surface area contributed by atoms with E-state index in [1.807, 2.05) is 0 Å². The van der Waals surface area contributed by atoms with Gasteiger partial charge in [-0.25, -0.2) is 4.68 Å². The smallest absolute Gasteiger partial charge is 0.190 e. The van der Waals surface area contributed by atoms with E-state index in [1.165, 1.54) is 29.0 Å². The third kappa shape index (κ3) is 6.40. The van der Waals surface area contributed by atoms with Gasteiger partial charge in [0.05, 0.1) is 38.7 Å². The zero-order valence-corrected chi connectivity index (χ0v) is 21.6. The van der Waals surface area contributed by atoms with Crippen LogP contribution in [-0.4, -0.2) is 121 Å². The van der Waals surface area contributed by atoms with Gasteiger partial charge in [0.2, 0.25) is 0 Å². The number of nitrogens with zero attached hydrogens (tertiary/aromatic N) is 3. The van der Waals surface area contributed by atoms with Crippen LogP contribution in [0.3, 0.4) is 0 Å². The van der Waals surface area contributed by atoms with E-state index in [2.05, 4.69) is 10.3 Å². The van der Waals surface area contributed by atoms with Crippen LogP contribution in [0.25, 0.3) is 0 Å². The van der Waals surface area contributed by atoms with Crippen LogP contribution < -0.4 is 0 Å². The molecular weight excluding hydrogens is 522 g/mol. The molecule has 0 spiro atoms. The predicted molar refractivity (Wildman–Crippen MR) is 126 cm³/mol. The molecule has 1 aromatic heterocycles. The molecule has 2 fully saturated rings. The maximum absolute atomic E-state index is 10.8. The third-order valence-corrected chi connectivity index (χ3v) is 6.82. The Morgan fingerprint density at radius 1 is 0.846 bits per heavy atom. The number of aliphatic hydroxyl groups is 5. The molecule has 1 aromatic rings. The second-order valence-corrected chi connectivity index (χ2v) is 10.1. The molecule has 218 valence electrons. The fourth-order valence-electron chi connectivity index (χ4n) is 4.73. The highest BCUT2D eigenvalue weighted by atomic mass is 16.8. The third-order valence-electron chi connectivity index (χ3n) is 6.82. The first-order valence-corrected chi connectivity index (χ1v) is 12.8. The van der Waals surface area contributed by atoms with Gasteiger partial charge in [-0.05, 0) is 26.0 Å². The fraction of sp³-hybridized carbons (Fsp3) is 0.750. The minimum absolute atomic E-state index is 0.0516. The quantitative estimate of drug-likeness (QED) is 0.195. The summed E-state index contributed by atoms with van der Waals surface area (Å²) in [5.74, 6) is -0.869. The van der Waals surface area contributed by atoms with Crippen molar-refractivity contribution >= 4 is 0 Å². The standard InChI is InChI=1S/C24H35N3O12/c1-24(2)38-22-21(32)16(37-23(22)39-24)7-27-13(11-34-20-6-4-15(31)18(9-29)36-20)12(25-26-27)10-33-19-5-3-14(30)17(8-28)35-19/h3-6,14-23,28-32H,7-11H2,1-2H3/t14-,15-,16+,17+,18+,19-,20-,21-,22-,23-/m0/s1. The Hall–Kier alpha value is -1.86. The largest absolute Gasteiger partial charge is 0.394 e. The summed E-state index contributed by atoms with van der Waals surface area (Å²) in [6.07, 6.45) is -2.27. The highest BCUT2D eigenvalue weighted by molar-refractivity contribution is 5.10. The van der Waals surface area contributed by atoms with Gasteiger partial charge in [0.15, 0.2) is 24.7 Å². The average Bonchev–Trinajstić information content (AvgIpc) is 3.53. The van der Waals surface area contributed by atoms with E-state index in [0.717, 1.165) is 0 Å². The van der Waals surface area contributed by atoms with Crippen molar-refractivity contribution in [2.24, 2.45) is 0 Å². The van der Waals surface area contributed by atoms with E-state index in [0.29, 0.717) is 11.4 Å². The molecule has 4 aliphatic heterocycles. The minimum atomic E-state index is -0.978. The van der Waals surface area contributed by atoms with E-state index in [9.17, 15) is 25.5 Å². The molecule has 0 aliphatic carbocycles. The monoisotopic (exact) mass is 557 g/mol. The Kier molecular flexibility index (Phi) is 8.77. The maximum atomic E-state index is 10.8. The van der Waals surface area contributed by atoms with Crippen LogP contribution in [-0.2, 0) is 52.9 Å². The lowest BCUT2D eigenvalue weighted by Gasteiger charge is -2.28. The summed E-state index contributed by atoms with van der Waals surface area (Å²) in [4.78, 5) is 0. The van der Waals surface area contributed by atoms with Crippen molar-refractivity contribution in [3.8, 4) is 0 Å². The normalized spacial score (nSPS) is 39.4. The van der Waals surface area contributed by atoms with Gasteiger partial charge in [0, 0.05) is 0 Å². The lowest BCUT2D eigenvalue weighted by molar-refractivity contribution is -0.216. The molecule has 0 aromatic carbocycles. The van der Waals surface area contributed by atoms with Gasteiger partial charge in [0.25, 0.3) is 0 Å². The molecule has 5 rings (SSSR count). The summed E-state index contributed by atoms with van der Waals surface area (Å²) in [5, 5.41) is 57.8. The van der Waals surface area contributed by atoms with Crippen molar-refractivity contribution < 1.29 is 58.7 Å². The minimum Gasteiger partial charge on any atom is -0.394 e. The average molecular weight is 558 g/mol. The number of ether oxygens (including phenoxy) is 7. The molecular formula is C24H35N3O12. The summed E-state index contributed by atoms with van der Waals surface area (Å²) in [5.41, 5.74) is 0.894. The first-order valence-electron chi connectivity index (χ1n) is 12.8. The maximum Gasteiger partial charge on any atom is 0.190 e. The molecule has 0 unspecified atom stereocenters. The van der Waals surface area contributed by atoms with Crippen molar-refractivity contribution in [1.82, 2.24) is 15.0 Å². The number of aliphatic hydroxyl groups excluding tert-OH is 5. The van der Waals surface area contributed by atoms with Crippen LogP contribution in [0.5, 0.6) is 0 Å². The van der Waals surface area contributed by atoms with Crippen molar-refractivity contribution in [1.29, 1.82) is 0 Å².